The molecular formula is C3H4Te. The van der Waals surface area contributed by atoms with E-state index in [1.54, 1.807) is 0 Å². The van der Waals surface area contributed by atoms with Gasteiger partial charge in [0.1, 0.15) is 0 Å². The van der Waals surface area contributed by atoms with Crippen molar-refractivity contribution in [2.24, 2.45) is 0 Å². The maximum atomic E-state index is 2.31. The molecule has 1 heterocycles. The van der Waals surface area contributed by atoms with Crippen molar-refractivity contribution < 1.29 is 0 Å². The second-order valence-corrected chi connectivity index (χ2v) is 3.38. The van der Waals surface area contributed by atoms with Crippen molar-refractivity contribution in [1.29, 1.82) is 0 Å². The molecule has 0 aromatic heterocycles. The van der Waals surface area contributed by atoms with Gasteiger partial charge in [-0.25, -0.2) is 0 Å². The molecule has 0 fully saturated rings. The third kappa shape index (κ3) is 0.288. The predicted octanol–water partition coefficient (Wildman–Crippen LogP) is 0.636. The summed E-state index contributed by atoms with van der Waals surface area (Å²) in [5.74, 6) is 0. The molecule has 0 radical (unpaired) electrons. The summed E-state index contributed by atoms with van der Waals surface area (Å²) in [5, 5.41) is 0. The van der Waals surface area contributed by atoms with E-state index in [0.717, 1.165) is 0 Å². The van der Waals surface area contributed by atoms with Crippen molar-refractivity contribution in [3.8, 4) is 0 Å². The van der Waals surface area contributed by atoms with E-state index in [4.69, 9.17) is 0 Å². The van der Waals surface area contributed by atoms with Crippen molar-refractivity contribution in [3.05, 3.63) is 10.2 Å². The Morgan fingerprint density at radius 2 is 2.00 bits per heavy atom. The average molecular weight is 168 g/mol. The first kappa shape index (κ1) is 2.75. The van der Waals surface area contributed by atoms with E-state index in [1.165, 1.54) is 4.47 Å². The zero-order valence-corrected chi connectivity index (χ0v) is 4.60. The van der Waals surface area contributed by atoms with Crippen molar-refractivity contribution in [1.82, 2.24) is 0 Å². The molecular weight excluding hydrogens is 164 g/mol. The van der Waals surface area contributed by atoms with E-state index in [0.29, 0.717) is 20.9 Å². The molecule has 0 bridgehead atoms. The summed E-state index contributed by atoms with van der Waals surface area (Å²) >= 11 is 0.482. The Bertz CT molecular complexity index is 32.5. The van der Waals surface area contributed by atoms with Gasteiger partial charge in [-0.1, -0.05) is 0 Å². The van der Waals surface area contributed by atoms with Crippen LogP contribution in [0.4, 0.5) is 0 Å². The van der Waals surface area contributed by atoms with Gasteiger partial charge in [0.05, 0.1) is 0 Å². The first-order chi connectivity index (χ1) is 2.00. The van der Waals surface area contributed by atoms with Crippen LogP contribution in [-0.2, 0) is 0 Å². The molecule has 0 atom stereocenters. The van der Waals surface area contributed by atoms with Gasteiger partial charge >= 0.3 is 35.6 Å². The zero-order valence-electron chi connectivity index (χ0n) is 2.27. The quantitative estimate of drug-likeness (QED) is 0.465. The fourth-order valence-corrected chi connectivity index (χ4v) is 0.645. The van der Waals surface area contributed by atoms with E-state index in [-0.39, 0.29) is 0 Å². The minimum absolute atomic E-state index is 0.482. The van der Waals surface area contributed by atoms with Crippen LogP contribution in [0.3, 0.4) is 0 Å². The monoisotopic (exact) mass is 170 g/mol. The molecule has 0 N–H and O–H groups in total. The molecule has 0 aliphatic carbocycles. The molecule has 0 aromatic carbocycles. The summed E-state index contributed by atoms with van der Waals surface area (Å²) in [5.41, 5.74) is 0. The molecule has 0 unspecified atom stereocenters. The number of hydrogen-bond donors (Lipinski definition) is 0. The summed E-state index contributed by atoms with van der Waals surface area (Å²) in [4.78, 5) is 0. The van der Waals surface area contributed by atoms with E-state index < -0.39 is 0 Å². The Balaban J connectivity index is 2.47. The Kier molecular flexibility index (Phi) is 0.757. The van der Waals surface area contributed by atoms with Gasteiger partial charge in [0.25, 0.3) is 0 Å². The van der Waals surface area contributed by atoms with Crippen molar-refractivity contribution in [2.75, 3.05) is 0 Å². The van der Waals surface area contributed by atoms with Crippen molar-refractivity contribution >= 4 is 20.9 Å². The summed E-state index contributed by atoms with van der Waals surface area (Å²) in [6, 6.07) is 0. The maximum absolute atomic E-state index is 2.31. The van der Waals surface area contributed by atoms with E-state index in [9.17, 15) is 0 Å². The van der Waals surface area contributed by atoms with Crippen LogP contribution in [-0.4, -0.2) is 20.9 Å². The Labute approximate surface area is 36.0 Å². The first-order valence-corrected chi connectivity index (χ1v) is 4.26. The predicted molar refractivity (Wildman–Crippen MR) is 19.7 cm³/mol. The third-order valence-electron chi connectivity index (χ3n) is 0.385. The van der Waals surface area contributed by atoms with Crippen LogP contribution in [0.1, 0.15) is 0 Å². The Morgan fingerprint density at radius 3 is 2.00 bits per heavy atom. The second-order valence-electron chi connectivity index (χ2n) is 0.705. The molecule has 1 heteroatoms. The number of rotatable bonds is 0. The van der Waals surface area contributed by atoms with Gasteiger partial charge in [-0.3, -0.25) is 0 Å². The SMILES string of the molecule is C1=C[Te]C1. The van der Waals surface area contributed by atoms with Crippen LogP contribution in [0.5, 0.6) is 0 Å². The first-order valence-electron chi connectivity index (χ1n) is 1.27. The van der Waals surface area contributed by atoms with Crippen LogP contribution in [0.2, 0.25) is 4.47 Å². The van der Waals surface area contributed by atoms with Crippen LogP contribution in [0.25, 0.3) is 0 Å². The fraction of sp³-hybridized carbons (Fsp3) is 0.333. The molecule has 1 rings (SSSR count). The normalized spacial score (nSPS) is 20.0. The third-order valence-corrected chi connectivity index (χ3v) is 2.58. The number of hydrogen-bond acceptors (Lipinski definition) is 0. The summed E-state index contributed by atoms with van der Waals surface area (Å²) in [6.45, 7) is 0. The van der Waals surface area contributed by atoms with Gasteiger partial charge in [0.2, 0.25) is 0 Å². The van der Waals surface area contributed by atoms with E-state index in [2.05, 4.69) is 10.2 Å². The number of allylic oxidation sites excluding steroid dienone is 1. The molecule has 0 spiro atoms. The molecule has 22 valence electrons. The van der Waals surface area contributed by atoms with E-state index in [1.807, 2.05) is 0 Å². The van der Waals surface area contributed by atoms with Crippen LogP contribution in [0.15, 0.2) is 10.2 Å². The summed E-state index contributed by atoms with van der Waals surface area (Å²) in [7, 11) is 0. The molecule has 0 aromatic rings. The topological polar surface area (TPSA) is 0 Å². The average Bonchev–Trinajstić information content (AvgIpc) is 0.722. The van der Waals surface area contributed by atoms with Gasteiger partial charge in [-0.2, -0.15) is 0 Å². The zero-order chi connectivity index (χ0) is 2.83. The van der Waals surface area contributed by atoms with Gasteiger partial charge in [0.15, 0.2) is 0 Å². The molecule has 1 aliphatic heterocycles. The summed E-state index contributed by atoms with van der Waals surface area (Å²) < 4.78 is 3.76. The minimum atomic E-state index is 0.482. The van der Waals surface area contributed by atoms with E-state index >= 15 is 0 Å². The van der Waals surface area contributed by atoms with Crippen LogP contribution < -0.4 is 0 Å². The van der Waals surface area contributed by atoms with Gasteiger partial charge in [-0.15, -0.1) is 0 Å². The van der Waals surface area contributed by atoms with Gasteiger partial charge < -0.3 is 0 Å². The molecule has 0 saturated heterocycles. The molecule has 4 heavy (non-hydrogen) atoms. The van der Waals surface area contributed by atoms with Gasteiger partial charge in [-0.05, 0) is 0 Å². The second kappa shape index (κ2) is 1.10. The van der Waals surface area contributed by atoms with Crippen molar-refractivity contribution in [2.45, 2.75) is 4.47 Å². The molecule has 1 aliphatic rings. The molecule has 0 nitrogen and oxygen atoms in total. The summed E-state index contributed by atoms with van der Waals surface area (Å²) in [6.07, 6.45) is 2.24. The Morgan fingerprint density at radius 1 is 1.75 bits per heavy atom. The fourth-order valence-electron chi connectivity index (χ4n) is 0.0962. The van der Waals surface area contributed by atoms with Crippen LogP contribution in [0, 0.1) is 0 Å². The van der Waals surface area contributed by atoms with Crippen molar-refractivity contribution in [3.63, 3.8) is 0 Å². The molecule has 0 amide bonds. The standard InChI is InChI=1S/C3H4Te/c1-2-4-3-1/h1-2H,3H2. The van der Waals surface area contributed by atoms with Crippen LogP contribution >= 0.6 is 0 Å². The molecule has 0 saturated carbocycles. The van der Waals surface area contributed by atoms with Gasteiger partial charge in [0, 0.05) is 0 Å². The Hall–Kier alpha value is 0.530.